The van der Waals surface area contributed by atoms with Crippen LogP contribution in [0.25, 0.3) is 11.3 Å². The number of benzene rings is 2. The van der Waals surface area contributed by atoms with Crippen LogP contribution in [0.15, 0.2) is 65.7 Å². The fourth-order valence-corrected chi connectivity index (χ4v) is 4.89. The van der Waals surface area contributed by atoms with Crippen LogP contribution in [0.2, 0.25) is 0 Å². The number of nitrogens with zero attached hydrogens (tertiary/aromatic N) is 4. The van der Waals surface area contributed by atoms with Crippen LogP contribution in [0, 0.1) is 6.92 Å². The number of pyridine rings is 1. The number of nitrogens with two attached hydrogens (primary N) is 1. The molecule has 4 N–H and O–H groups in total. The molecule has 0 saturated carbocycles. The second kappa shape index (κ2) is 11.7. The Hall–Kier alpha value is -4.70. The lowest BCUT2D eigenvalue weighted by Gasteiger charge is -2.30. The SMILES string of the molecule is Cc1c(NC(=O)c2ccc(C(C)(C)C)cn2)cccc1-c1cn(C)c(=O)c(Nc2ccc(N3CCOCC3)c(N)c2)n1. The summed E-state index contributed by atoms with van der Waals surface area (Å²) in [6.45, 7) is 11.1. The predicted octanol–water partition coefficient (Wildman–Crippen LogP) is 4.86. The second-order valence-corrected chi connectivity index (χ2v) is 11.5. The summed E-state index contributed by atoms with van der Waals surface area (Å²) in [5.41, 5.74) is 12.5. The van der Waals surface area contributed by atoms with E-state index in [0.717, 1.165) is 35.5 Å². The Morgan fingerprint density at radius 1 is 1.07 bits per heavy atom. The molecule has 42 heavy (non-hydrogen) atoms. The van der Waals surface area contributed by atoms with Crippen LogP contribution in [-0.4, -0.2) is 46.7 Å². The van der Waals surface area contributed by atoms with Gasteiger partial charge in [-0.25, -0.2) is 4.98 Å². The Morgan fingerprint density at radius 3 is 2.50 bits per heavy atom. The quantitative estimate of drug-likeness (QED) is 0.282. The van der Waals surface area contributed by atoms with Crippen molar-refractivity contribution in [2.75, 3.05) is 47.6 Å². The second-order valence-electron chi connectivity index (χ2n) is 11.5. The van der Waals surface area contributed by atoms with Crippen molar-refractivity contribution in [2.24, 2.45) is 7.05 Å². The predicted molar refractivity (Wildman–Crippen MR) is 168 cm³/mol. The van der Waals surface area contributed by atoms with E-state index in [1.807, 2.05) is 49.4 Å². The van der Waals surface area contributed by atoms with E-state index < -0.39 is 0 Å². The van der Waals surface area contributed by atoms with Crippen molar-refractivity contribution in [3.05, 3.63) is 88.1 Å². The van der Waals surface area contributed by atoms with Gasteiger partial charge in [-0.05, 0) is 53.8 Å². The van der Waals surface area contributed by atoms with Crippen molar-refractivity contribution in [1.29, 1.82) is 0 Å². The highest BCUT2D eigenvalue weighted by atomic mass is 16.5. The maximum Gasteiger partial charge on any atom is 0.293 e. The number of nitrogens with one attached hydrogen (secondary N) is 2. The summed E-state index contributed by atoms with van der Waals surface area (Å²) in [5.74, 6) is -0.130. The third-order valence-corrected chi connectivity index (χ3v) is 7.43. The Kier molecular flexibility index (Phi) is 8.00. The normalized spacial score (nSPS) is 13.6. The topological polar surface area (TPSA) is 127 Å². The van der Waals surface area contributed by atoms with Gasteiger partial charge in [-0.2, -0.15) is 0 Å². The minimum Gasteiger partial charge on any atom is -0.397 e. The molecule has 1 saturated heterocycles. The van der Waals surface area contributed by atoms with Crippen LogP contribution in [0.3, 0.4) is 0 Å². The van der Waals surface area contributed by atoms with Gasteiger partial charge in [0.25, 0.3) is 11.5 Å². The summed E-state index contributed by atoms with van der Waals surface area (Å²) in [6, 6.07) is 14.9. The number of aromatic nitrogens is 3. The number of aryl methyl sites for hydroxylation is 1. The molecule has 4 aromatic rings. The highest BCUT2D eigenvalue weighted by Gasteiger charge is 2.18. The van der Waals surface area contributed by atoms with E-state index in [0.29, 0.717) is 41.7 Å². The molecule has 2 aromatic carbocycles. The number of carbonyl (C=O) groups is 1. The van der Waals surface area contributed by atoms with E-state index in [1.165, 1.54) is 4.57 Å². The maximum atomic E-state index is 13.0. The molecule has 0 unspecified atom stereocenters. The number of hydrogen-bond acceptors (Lipinski definition) is 8. The molecule has 0 radical (unpaired) electrons. The third-order valence-electron chi connectivity index (χ3n) is 7.43. The van der Waals surface area contributed by atoms with E-state index in [2.05, 4.69) is 46.3 Å². The van der Waals surface area contributed by atoms with Crippen molar-refractivity contribution in [3.8, 4) is 11.3 Å². The fourth-order valence-electron chi connectivity index (χ4n) is 4.89. The van der Waals surface area contributed by atoms with Gasteiger partial charge in [-0.15, -0.1) is 0 Å². The average Bonchev–Trinajstić information content (AvgIpc) is 2.96. The molecule has 2 aromatic heterocycles. The van der Waals surface area contributed by atoms with Gasteiger partial charge >= 0.3 is 0 Å². The minimum atomic E-state index is -0.301. The van der Waals surface area contributed by atoms with Crippen molar-refractivity contribution in [2.45, 2.75) is 33.1 Å². The molecule has 0 aliphatic carbocycles. The molecule has 0 atom stereocenters. The smallest absolute Gasteiger partial charge is 0.293 e. The average molecular weight is 568 g/mol. The molecule has 1 amide bonds. The van der Waals surface area contributed by atoms with Gasteiger partial charge < -0.3 is 30.6 Å². The van der Waals surface area contributed by atoms with E-state index in [4.69, 9.17) is 10.5 Å². The first-order valence-corrected chi connectivity index (χ1v) is 14.0. The van der Waals surface area contributed by atoms with Crippen molar-refractivity contribution >= 4 is 34.5 Å². The Balaban J connectivity index is 1.39. The molecule has 5 rings (SSSR count). The van der Waals surface area contributed by atoms with E-state index in [1.54, 1.807) is 25.5 Å². The number of anilines is 5. The molecular weight excluding hydrogens is 530 g/mol. The molecule has 0 spiro atoms. The molecule has 10 nitrogen and oxygen atoms in total. The summed E-state index contributed by atoms with van der Waals surface area (Å²) in [4.78, 5) is 37.3. The molecular formula is C32H37N7O3. The highest BCUT2D eigenvalue weighted by molar-refractivity contribution is 6.03. The number of hydrogen-bond donors (Lipinski definition) is 3. The number of morpholine rings is 1. The molecule has 1 aliphatic heterocycles. The summed E-state index contributed by atoms with van der Waals surface area (Å²) in [6.07, 6.45) is 3.43. The maximum absolute atomic E-state index is 13.0. The summed E-state index contributed by atoms with van der Waals surface area (Å²) >= 11 is 0. The van der Waals surface area contributed by atoms with E-state index in [-0.39, 0.29) is 22.7 Å². The molecule has 218 valence electrons. The van der Waals surface area contributed by atoms with Crippen LogP contribution in [-0.2, 0) is 17.2 Å². The first-order chi connectivity index (χ1) is 20.0. The Bertz CT molecular complexity index is 1670. The number of ether oxygens (including phenoxy) is 1. The lowest BCUT2D eigenvalue weighted by atomic mass is 9.88. The lowest BCUT2D eigenvalue weighted by molar-refractivity contribution is 0.102. The largest absolute Gasteiger partial charge is 0.397 e. The summed E-state index contributed by atoms with van der Waals surface area (Å²) in [5, 5.41) is 6.13. The number of amides is 1. The first kappa shape index (κ1) is 28.8. The van der Waals surface area contributed by atoms with Gasteiger partial charge in [0.1, 0.15) is 5.69 Å². The summed E-state index contributed by atoms with van der Waals surface area (Å²) in [7, 11) is 1.68. The molecule has 1 aliphatic rings. The monoisotopic (exact) mass is 567 g/mol. The van der Waals surface area contributed by atoms with Crippen molar-refractivity contribution < 1.29 is 9.53 Å². The van der Waals surface area contributed by atoms with Gasteiger partial charge in [0.15, 0.2) is 5.82 Å². The Morgan fingerprint density at radius 2 is 1.83 bits per heavy atom. The number of rotatable bonds is 6. The van der Waals surface area contributed by atoms with Crippen LogP contribution in [0.5, 0.6) is 0 Å². The fraction of sp³-hybridized carbons (Fsp3) is 0.312. The zero-order valence-corrected chi connectivity index (χ0v) is 24.7. The summed E-state index contributed by atoms with van der Waals surface area (Å²) < 4.78 is 6.93. The molecule has 1 fully saturated rings. The molecule has 3 heterocycles. The highest BCUT2D eigenvalue weighted by Crippen LogP contribution is 2.30. The van der Waals surface area contributed by atoms with Gasteiger partial charge in [-0.1, -0.05) is 39.0 Å². The molecule has 10 heteroatoms. The molecule has 0 bridgehead atoms. The number of nitrogen functional groups attached to an aromatic ring is 1. The zero-order valence-electron chi connectivity index (χ0n) is 24.7. The standard InChI is InChI=1S/C32H37N7O3/c1-20-23(7-6-8-25(20)37-30(40)26-11-9-21(18-34-26)32(2,3)4)27-19-38(5)31(41)29(36-27)35-22-10-12-28(24(33)17-22)39-13-15-42-16-14-39/h6-12,17-19H,13-16,33H2,1-5H3,(H,35,36)(H,37,40). The number of carbonyl (C=O) groups excluding carboxylic acids is 1. The van der Waals surface area contributed by atoms with Crippen molar-refractivity contribution in [3.63, 3.8) is 0 Å². The van der Waals surface area contributed by atoms with Crippen LogP contribution in [0.1, 0.15) is 42.4 Å². The van der Waals surface area contributed by atoms with Gasteiger partial charge in [-0.3, -0.25) is 14.6 Å². The minimum absolute atomic E-state index is 0.0532. The van der Waals surface area contributed by atoms with Crippen LogP contribution >= 0.6 is 0 Å². The Labute approximate surface area is 245 Å². The van der Waals surface area contributed by atoms with Gasteiger partial charge in [0.2, 0.25) is 0 Å². The zero-order chi connectivity index (χ0) is 30.0. The third kappa shape index (κ3) is 6.13. The van der Waals surface area contributed by atoms with Crippen molar-refractivity contribution in [1.82, 2.24) is 14.5 Å². The van der Waals surface area contributed by atoms with Crippen LogP contribution in [0.4, 0.5) is 28.6 Å². The van der Waals surface area contributed by atoms with Gasteiger partial charge in [0.05, 0.1) is 30.3 Å². The van der Waals surface area contributed by atoms with Crippen LogP contribution < -0.4 is 26.8 Å². The lowest BCUT2D eigenvalue weighted by Crippen LogP contribution is -2.36. The van der Waals surface area contributed by atoms with E-state index >= 15 is 0 Å². The van der Waals surface area contributed by atoms with Gasteiger partial charge in [0, 0.05) is 49.5 Å². The first-order valence-electron chi connectivity index (χ1n) is 14.0. The van der Waals surface area contributed by atoms with E-state index in [9.17, 15) is 9.59 Å².